The number of thiazole rings is 1. The van der Waals surface area contributed by atoms with Crippen molar-refractivity contribution in [3.8, 4) is 11.4 Å². The number of amides is 1. The molecule has 0 aromatic carbocycles. The van der Waals surface area contributed by atoms with Gasteiger partial charge in [-0.3, -0.25) is 9.69 Å². The maximum Gasteiger partial charge on any atom is 0.227 e. The van der Waals surface area contributed by atoms with E-state index in [0.29, 0.717) is 23.3 Å². The van der Waals surface area contributed by atoms with E-state index in [-0.39, 0.29) is 12.3 Å². The largest absolute Gasteiger partial charge is 0.379 e. The number of hydrogen-bond acceptors (Lipinski definition) is 9. The minimum atomic E-state index is -0.113. The highest BCUT2D eigenvalue weighted by Crippen LogP contribution is 2.20. The molecule has 8 nitrogen and oxygen atoms in total. The smallest absolute Gasteiger partial charge is 0.227 e. The average Bonchev–Trinajstić information content (AvgIpc) is 3.43. The first-order valence-electron chi connectivity index (χ1n) is 8.66. The summed E-state index contributed by atoms with van der Waals surface area (Å²) in [6.45, 7) is 4.13. The van der Waals surface area contributed by atoms with Crippen molar-refractivity contribution in [1.29, 1.82) is 0 Å². The number of rotatable bonds is 7. The molecule has 4 heterocycles. The van der Waals surface area contributed by atoms with E-state index in [0.717, 1.165) is 44.1 Å². The molecule has 1 aliphatic heterocycles. The maximum atomic E-state index is 12.2. The van der Waals surface area contributed by atoms with Crippen LogP contribution in [0.1, 0.15) is 18.0 Å². The van der Waals surface area contributed by atoms with Gasteiger partial charge in [0.15, 0.2) is 5.13 Å². The molecular formula is C17H19N5O3S2. The highest BCUT2D eigenvalue weighted by molar-refractivity contribution is 7.13. The average molecular weight is 406 g/mol. The van der Waals surface area contributed by atoms with Crippen LogP contribution in [0.3, 0.4) is 0 Å². The second-order valence-electron chi connectivity index (χ2n) is 6.10. The van der Waals surface area contributed by atoms with Crippen LogP contribution < -0.4 is 5.32 Å². The van der Waals surface area contributed by atoms with Crippen molar-refractivity contribution in [1.82, 2.24) is 20.0 Å². The lowest BCUT2D eigenvalue weighted by atomic mass is 10.3. The molecule has 0 saturated carbocycles. The number of anilines is 1. The van der Waals surface area contributed by atoms with Crippen LogP contribution in [0.4, 0.5) is 5.13 Å². The Bertz CT molecular complexity index is 871. The molecule has 1 amide bonds. The SMILES string of the molecule is O=C(CCc1nc(-c2ccsc2)no1)Nc1nc(CN2CCOCC2)cs1. The molecule has 0 aliphatic carbocycles. The first kappa shape index (κ1) is 18.2. The molecule has 1 saturated heterocycles. The molecule has 0 bridgehead atoms. The van der Waals surface area contributed by atoms with Crippen molar-refractivity contribution in [2.24, 2.45) is 0 Å². The molecule has 1 aliphatic rings. The zero-order chi connectivity index (χ0) is 18.5. The number of morpholine rings is 1. The van der Waals surface area contributed by atoms with E-state index in [1.807, 2.05) is 22.2 Å². The first-order chi connectivity index (χ1) is 13.3. The number of carbonyl (C=O) groups is 1. The fourth-order valence-electron chi connectivity index (χ4n) is 2.69. The molecule has 0 radical (unpaired) electrons. The Morgan fingerprint density at radius 2 is 2.15 bits per heavy atom. The number of thiophene rings is 1. The van der Waals surface area contributed by atoms with Gasteiger partial charge in [-0.2, -0.15) is 16.3 Å². The van der Waals surface area contributed by atoms with E-state index in [2.05, 4.69) is 25.3 Å². The van der Waals surface area contributed by atoms with E-state index >= 15 is 0 Å². The van der Waals surface area contributed by atoms with Crippen LogP contribution >= 0.6 is 22.7 Å². The van der Waals surface area contributed by atoms with Crippen LogP contribution in [0.15, 0.2) is 26.7 Å². The molecule has 1 fully saturated rings. The van der Waals surface area contributed by atoms with Gasteiger partial charge in [0.25, 0.3) is 0 Å². The Morgan fingerprint density at radius 3 is 2.96 bits per heavy atom. The van der Waals surface area contributed by atoms with Gasteiger partial charge in [-0.05, 0) is 11.4 Å². The Labute approximate surface area is 164 Å². The minimum absolute atomic E-state index is 0.113. The zero-order valence-corrected chi connectivity index (χ0v) is 16.2. The number of aromatic nitrogens is 3. The lowest BCUT2D eigenvalue weighted by molar-refractivity contribution is -0.116. The fourth-order valence-corrected chi connectivity index (χ4v) is 4.04. The summed E-state index contributed by atoms with van der Waals surface area (Å²) in [7, 11) is 0. The number of aryl methyl sites for hydroxylation is 1. The van der Waals surface area contributed by atoms with E-state index in [1.54, 1.807) is 11.3 Å². The van der Waals surface area contributed by atoms with Crippen molar-refractivity contribution < 1.29 is 14.1 Å². The van der Waals surface area contributed by atoms with Crippen LogP contribution in [0.5, 0.6) is 0 Å². The Hall–Kier alpha value is -2.14. The summed E-state index contributed by atoms with van der Waals surface area (Å²) in [4.78, 5) is 23.3. The molecule has 3 aromatic heterocycles. The first-order valence-corrected chi connectivity index (χ1v) is 10.5. The molecule has 1 N–H and O–H groups in total. The number of hydrogen-bond donors (Lipinski definition) is 1. The topological polar surface area (TPSA) is 93.4 Å². The summed E-state index contributed by atoms with van der Waals surface area (Å²) in [6.07, 6.45) is 0.665. The summed E-state index contributed by atoms with van der Waals surface area (Å²) < 4.78 is 10.6. The molecule has 0 atom stereocenters. The highest BCUT2D eigenvalue weighted by atomic mass is 32.1. The standard InChI is InChI=1S/C17H19N5O3S2/c23-14(1-2-15-20-16(21-25-15)12-3-8-26-10-12)19-17-18-13(11-27-17)9-22-4-6-24-7-5-22/h3,8,10-11H,1-2,4-7,9H2,(H,18,19,23). The predicted octanol–water partition coefficient (Wildman–Crippen LogP) is 2.66. The Morgan fingerprint density at radius 1 is 1.26 bits per heavy atom. The van der Waals surface area contributed by atoms with Crippen molar-refractivity contribution in [2.75, 3.05) is 31.6 Å². The zero-order valence-electron chi connectivity index (χ0n) is 14.6. The van der Waals surface area contributed by atoms with Gasteiger partial charge in [-0.1, -0.05) is 5.16 Å². The summed E-state index contributed by atoms with van der Waals surface area (Å²) in [5, 5.41) is 13.3. The van der Waals surface area contributed by atoms with Crippen molar-refractivity contribution in [3.05, 3.63) is 33.8 Å². The van der Waals surface area contributed by atoms with Gasteiger partial charge in [-0.15, -0.1) is 11.3 Å². The molecule has 10 heteroatoms. The number of ether oxygens (including phenoxy) is 1. The number of carbonyl (C=O) groups excluding carboxylic acids is 1. The van der Waals surface area contributed by atoms with E-state index in [9.17, 15) is 4.79 Å². The van der Waals surface area contributed by atoms with Crippen LogP contribution in [0.25, 0.3) is 11.4 Å². The monoisotopic (exact) mass is 405 g/mol. The second-order valence-corrected chi connectivity index (χ2v) is 7.74. The molecule has 142 valence electrons. The molecule has 3 aromatic rings. The lowest BCUT2D eigenvalue weighted by Crippen LogP contribution is -2.35. The van der Waals surface area contributed by atoms with Crippen LogP contribution in [-0.4, -0.2) is 52.2 Å². The second kappa shape index (κ2) is 8.70. The van der Waals surface area contributed by atoms with Gasteiger partial charge in [0.1, 0.15) is 0 Å². The van der Waals surface area contributed by atoms with Crippen LogP contribution in [-0.2, 0) is 22.5 Å². The number of nitrogens with zero attached hydrogens (tertiary/aromatic N) is 4. The highest BCUT2D eigenvalue weighted by Gasteiger charge is 2.14. The van der Waals surface area contributed by atoms with Gasteiger partial charge < -0.3 is 14.6 Å². The summed E-state index contributed by atoms with van der Waals surface area (Å²) in [5.41, 5.74) is 1.89. The molecule has 0 spiro atoms. The van der Waals surface area contributed by atoms with Crippen LogP contribution in [0.2, 0.25) is 0 Å². The van der Waals surface area contributed by atoms with Crippen molar-refractivity contribution >= 4 is 33.7 Å². The van der Waals surface area contributed by atoms with Crippen molar-refractivity contribution in [3.63, 3.8) is 0 Å². The predicted molar refractivity (Wildman–Crippen MR) is 103 cm³/mol. The normalized spacial score (nSPS) is 15.1. The van der Waals surface area contributed by atoms with E-state index < -0.39 is 0 Å². The minimum Gasteiger partial charge on any atom is -0.379 e. The summed E-state index contributed by atoms with van der Waals surface area (Å²) >= 11 is 3.01. The molecule has 4 rings (SSSR count). The molecule has 27 heavy (non-hydrogen) atoms. The number of nitrogens with one attached hydrogen (secondary N) is 1. The van der Waals surface area contributed by atoms with Gasteiger partial charge in [-0.25, -0.2) is 4.98 Å². The quantitative estimate of drug-likeness (QED) is 0.646. The van der Waals surface area contributed by atoms with E-state index in [4.69, 9.17) is 9.26 Å². The Balaban J connectivity index is 1.25. The third kappa shape index (κ3) is 4.98. The van der Waals surface area contributed by atoms with Gasteiger partial charge in [0.2, 0.25) is 17.6 Å². The lowest BCUT2D eigenvalue weighted by Gasteiger charge is -2.25. The van der Waals surface area contributed by atoms with Gasteiger partial charge >= 0.3 is 0 Å². The molecule has 0 unspecified atom stereocenters. The van der Waals surface area contributed by atoms with Gasteiger partial charge in [0, 0.05) is 48.8 Å². The third-order valence-corrected chi connectivity index (χ3v) is 5.59. The summed E-state index contributed by atoms with van der Waals surface area (Å²) in [6, 6.07) is 1.93. The van der Waals surface area contributed by atoms with Gasteiger partial charge in [0.05, 0.1) is 18.9 Å². The third-order valence-electron chi connectivity index (χ3n) is 4.10. The molecular weight excluding hydrogens is 386 g/mol. The maximum absolute atomic E-state index is 12.2. The fraction of sp³-hybridized carbons (Fsp3) is 0.412. The van der Waals surface area contributed by atoms with E-state index in [1.165, 1.54) is 11.3 Å². The summed E-state index contributed by atoms with van der Waals surface area (Å²) in [5.74, 6) is 0.899. The van der Waals surface area contributed by atoms with Crippen LogP contribution in [0, 0.1) is 0 Å². The Kier molecular flexibility index (Phi) is 5.87. The van der Waals surface area contributed by atoms with Crippen molar-refractivity contribution in [2.45, 2.75) is 19.4 Å².